The van der Waals surface area contributed by atoms with E-state index in [-0.39, 0.29) is 12.5 Å². The molecule has 15 heavy (non-hydrogen) atoms. The molecule has 0 radical (unpaired) electrons. The van der Waals surface area contributed by atoms with Gasteiger partial charge in [-0.2, -0.15) is 0 Å². The standard InChI is InChI=1S/C12H23NO2/c1-9(2-4-10-5-6-10)3-7-11(8-13)12(14)15/h9-11H,2-8,13H2,1H3,(H,14,15). The Labute approximate surface area is 92.0 Å². The number of carbonyl (C=O) groups is 1. The van der Waals surface area contributed by atoms with Crippen LogP contribution in [0.4, 0.5) is 0 Å². The van der Waals surface area contributed by atoms with Gasteiger partial charge in [-0.05, 0) is 24.7 Å². The molecule has 0 saturated heterocycles. The lowest BCUT2D eigenvalue weighted by atomic mass is 9.93. The van der Waals surface area contributed by atoms with Gasteiger partial charge in [0.25, 0.3) is 0 Å². The quantitative estimate of drug-likeness (QED) is 0.650. The summed E-state index contributed by atoms with van der Waals surface area (Å²) in [5.41, 5.74) is 5.41. The van der Waals surface area contributed by atoms with Crippen molar-refractivity contribution in [3.8, 4) is 0 Å². The summed E-state index contributed by atoms with van der Waals surface area (Å²) in [7, 11) is 0. The normalized spacial score (nSPS) is 19.9. The van der Waals surface area contributed by atoms with E-state index < -0.39 is 5.97 Å². The van der Waals surface area contributed by atoms with Crippen LogP contribution >= 0.6 is 0 Å². The number of aliphatic carboxylic acids is 1. The zero-order chi connectivity index (χ0) is 11.3. The number of carboxylic acids is 1. The second-order valence-electron chi connectivity index (χ2n) is 4.97. The summed E-state index contributed by atoms with van der Waals surface area (Å²) < 4.78 is 0. The Hall–Kier alpha value is -0.570. The Morgan fingerprint density at radius 1 is 1.40 bits per heavy atom. The lowest BCUT2D eigenvalue weighted by Gasteiger charge is -2.14. The molecular formula is C12H23NO2. The molecule has 0 heterocycles. The number of carboxylic acid groups (broad SMARTS) is 1. The van der Waals surface area contributed by atoms with Crippen LogP contribution in [0.5, 0.6) is 0 Å². The maximum atomic E-state index is 10.7. The predicted molar refractivity (Wildman–Crippen MR) is 60.5 cm³/mol. The summed E-state index contributed by atoms with van der Waals surface area (Å²) in [6.07, 6.45) is 7.14. The van der Waals surface area contributed by atoms with E-state index in [1.54, 1.807) is 0 Å². The third-order valence-electron chi connectivity index (χ3n) is 3.41. The monoisotopic (exact) mass is 213 g/mol. The van der Waals surface area contributed by atoms with E-state index in [1.165, 1.54) is 25.7 Å². The summed E-state index contributed by atoms with van der Waals surface area (Å²) in [5, 5.41) is 8.83. The van der Waals surface area contributed by atoms with E-state index in [1.807, 2.05) is 0 Å². The zero-order valence-electron chi connectivity index (χ0n) is 9.61. The van der Waals surface area contributed by atoms with E-state index in [4.69, 9.17) is 10.8 Å². The van der Waals surface area contributed by atoms with E-state index in [0.717, 1.165) is 18.8 Å². The van der Waals surface area contributed by atoms with Gasteiger partial charge in [0.1, 0.15) is 0 Å². The first-order valence-electron chi connectivity index (χ1n) is 6.06. The van der Waals surface area contributed by atoms with Crippen molar-refractivity contribution in [3.05, 3.63) is 0 Å². The molecule has 3 heteroatoms. The van der Waals surface area contributed by atoms with Crippen molar-refractivity contribution in [1.29, 1.82) is 0 Å². The van der Waals surface area contributed by atoms with Crippen LogP contribution in [0.25, 0.3) is 0 Å². The van der Waals surface area contributed by atoms with Crippen molar-refractivity contribution in [2.75, 3.05) is 6.54 Å². The Balaban J connectivity index is 2.07. The molecule has 0 amide bonds. The zero-order valence-corrected chi connectivity index (χ0v) is 9.61. The summed E-state index contributed by atoms with van der Waals surface area (Å²) >= 11 is 0. The molecule has 1 aliphatic carbocycles. The van der Waals surface area contributed by atoms with Gasteiger partial charge in [-0.3, -0.25) is 4.79 Å². The van der Waals surface area contributed by atoms with Gasteiger partial charge in [0.15, 0.2) is 0 Å². The SMILES string of the molecule is CC(CCC1CC1)CCC(CN)C(=O)O. The molecule has 0 bridgehead atoms. The molecule has 0 spiro atoms. The fraction of sp³-hybridized carbons (Fsp3) is 0.917. The lowest BCUT2D eigenvalue weighted by molar-refractivity contribution is -0.141. The highest BCUT2D eigenvalue weighted by atomic mass is 16.4. The van der Waals surface area contributed by atoms with E-state index in [2.05, 4.69) is 6.92 Å². The Kier molecular flexibility index (Phi) is 5.09. The third kappa shape index (κ3) is 5.17. The largest absolute Gasteiger partial charge is 0.481 e. The minimum Gasteiger partial charge on any atom is -0.481 e. The molecule has 88 valence electrons. The molecule has 0 aromatic rings. The van der Waals surface area contributed by atoms with Crippen LogP contribution in [-0.4, -0.2) is 17.6 Å². The Morgan fingerprint density at radius 3 is 2.53 bits per heavy atom. The van der Waals surface area contributed by atoms with Crippen LogP contribution < -0.4 is 5.73 Å². The molecule has 0 aliphatic heterocycles. The van der Waals surface area contributed by atoms with Gasteiger partial charge in [-0.15, -0.1) is 0 Å². The van der Waals surface area contributed by atoms with Gasteiger partial charge in [0.05, 0.1) is 5.92 Å². The van der Waals surface area contributed by atoms with E-state index >= 15 is 0 Å². The van der Waals surface area contributed by atoms with Crippen molar-refractivity contribution in [1.82, 2.24) is 0 Å². The number of rotatable bonds is 8. The highest BCUT2D eigenvalue weighted by Crippen LogP contribution is 2.35. The Morgan fingerprint density at radius 2 is 2.07 bits per heavy atom. The van der Waals surface area contributed by atoms with Gasteiger partial charge in [-0.1, -0.05) is 32.6 Å². The molecule has 3 nitrogen and oxygen atoms in total. The van der Waals surface area contributed by atoms with Crippen molar-refractivity contribution < 1.29 is 9.90 Å². The smallest absolute Gasteiger partial charge is 0.307 e. The van der Waals surface area contributed by atoms with Gasteiger partial charge in [0.2, 0.25) is 0 Å². The van der Waals surface area contributed by atoms with Gasteiger partial charge in [0, 0.05) is 6.54 Å². The van der Waals surface area contributed by atoms with Crippen LogP contribution in [0.2, 0.25) is 0 Å². The maximum absolute atomic E-state index is 10.7. The minimum absolute atomic E-state index is 0.269. The molecule has 1 fully saturated rings. The fourth-order valence-corrected chi connectivity index (χ4v) is 1.90. The van der Waals surface area contributed by atoms with Crippen LogP contribution in [0.1, 0.15) is 45.4 Å². The van der Waals surface area contributed by atoms with Crippen LogP contribution in [-0.2, 0) is 4.79 Å². The first-order valence-corrected chi connectivity index (χ1v) is 6.06. The first kappa shape index (κ1) is 12.5. The molecule has 3 N–H and O–H groups in total. The first-order chi connectivity index (χ1) is 7.13. The van der Waals surface area contributed by atoms with Crippen molar-refractivity contribution >= 4 is 5.97 Å². The summed E-state index contributed by atoms with van der Waals surface area (Å²) in [6.45, 7) is 2.49. The lowest BCUT2D eigenvalue weighted by Crippen LogP contribution is -2.23. The highest BCUT2D eigenvalue weighted by Gasteiger charge is 2.22. The van der Waals surface area contributed by atoms with Crippen LogP contribution in [0, 0.1) is 17.8 Å². The minimum atomic E-state index is -0.744. The summed E-state index contributed by atoms with van der Waals surface area (Å²) in [5.74, 6) is 0.552. The molecule has 2 atom stereocenters. The molecule has 0 aromatic heterocycles. The van der Waals surface area contributed by atoms with Crippen LogP contribution in [0.3, 0.4) is 0 Å². The van der Waals surface area contributed by atoms with Crippen molar-refractivity contribution in [2.45, 2.75) is 45.4 Å². The maximum Gasteiger partial charge on any atom is 0.307 e. The summed E-state index contributed by atoms with van der Waals surface area (Å²) in [4.78, 5) is 10.7. The molecular weight excluding hydrogens is 190 g/mol. The molecule has 1 rings (SSSR count). The second-order valence-corrected chi connectivity index (χ2v) is 4.97. The number of hydrogen-bond donors (Lipinski definition) is 2. The second kappa shape index (κ2) is 6.11. The van der Waals surface area contributed by atoms with Crippen LogP contribution in [0.15, 0.2) is 0 Å². The number of nitrogens with two attached hydrogens (primary N) is 1. The van der Waals surface area contributed by atoms with Gasteiger partial charge < -0.3 is 10.8 Å². The number of hydrogen-bond acceptors (Lipinski definition) is 2. The summed E-state index contributed by atoms with van der Waals surface area (Å²) in [6, 6.07) is 0. The molecule has 2 unspecified atom stereocenters. The third-order valence-corrected chi connectivity index (χ3v) is 3.41. The predicted octanol–water partition coefficient (Wildman–Crippen LogP) is 2.25. The Bertz CT molecular complexity index is 202. The average Bonchev–Trinajstić information content (AvgIpc) is 2.98. The molecule has 0 aromatic carbocycles. The fourth-order valence-electron chi connectivity index (χ4n) is 1.90. The van der Waals surface area contributed by atoms with E-state index in [9.17, 15) is 4.79 Å². The van der Waals surface area contributed by atoms with Crippen molar-refractivity contribution in [2.24, 2.45) is 23.5 Å². The van der Waals surface area contributed by atoms with Crippen molar-refractivity contribution in [3.63, 3.8) is 0 Å². The molecule has 1 saturated carbocycles. The van der Waals surface area contributed by atoms with E-state index in [0.29, 0.717) is 5.92 Å². The molecule has 1 aliphatic rings. The topological polar surface area (TPSA) is 63.3 Å². The average molecular weight is 213 g/mol. The van der Waals surface area contributed by atoms with Gasteiger partial charge in [-0.25, -0.2) is 0 Å². The highest BCUT2D eigenvalue weighted by molar-refractivity contribution is 5.70. The van der Waals surface area contributed by atoms with Gasteiger partial charge >= 0.3 is 5.97 Å².